The first-order valence-corrected chi connectivity index (χ1v) is 8.80. The second kappa shape index (κ2) is 8.49. The molecule has 0 saturated carbocycles. The highest BCUT2D eigenvalue weighted by Gasteiger charge is 2.09. The van der Waals surface area contributed by atoms with Crippen LogP contribution in [-0.2, 0) is 11.2 Å². The zero-order valence-electron chi connectivity index (χ0n) is 13.6. The molecule has 0 unspecified atom stereocenters. The predicted octanol–water partition coefficient (Wildman–Crippen LogP) is 5.06. The molecular weight excluding hydrogens is 378 g/mol. The summed E-state index contributed by atoms with van der Waals surface area (Å²) in [5.74, 6) is 0.464. The molecule has 0 aliphatic carbocycles. The van der Waals surface area contributed by atoms with Crippen molar-refractivity contribution in [1.82, 2.24) is 0 Å². The molecule has 25 heavy (non-hydrogen) atoms. The van der Waals surface area contributed by atoms with Gasteiger partial charge in [0.2, 0.25) is 0 Å². The van der Waals surface area contributed by atoms with E-state index in [0.29, 0.717) is 5.75 Å². The summed E-state index contributed by atoms with van der Waals surface area (Å²) in [7, 11) is 0. The van der Waals surface area contributed by atoms with E-state index in [1.165, 1.54) is 5.56 Å². The molecule has 0 heterocycles. The molecule has 0 aromatic heterocycles. The molecule has 0 aliphatic rings. The van der Waals surface area contributed by atoms with E-state index in [1.807, 2.05) is 66.7 Å². The molecule has 3 rings (SSSR count). The number of amides is 1. The summed E-state index contributed by atoms with van der Waals surface area (Å²) in [6.07, 6.45) is 0.766. The van der Waals surface area contributed by atoms with Gasteiger partial charge in [-0.15, -0.1) is 0 Å². The van der Waals surface area contributed by atoms with E-state index in [0.717, 1.165) is 22.1 Å². The number of hydrogen-bond donors (Lipinski definition) is 1. The molecule has 3 aromatic rings. The second-order valence-electron chi connectivity index (χ2n) is 5.59. The van der Waals surface area contributed by atoms with Crippen LogP contribution in [0.2, 0.25) is 0 Å². The monoisotopic (exact) mass is 395 g/mol. The molecule has 0 bridgehead atoms. The van der Waals surface area contributed by atoms with Crippen LogP contribution in [0, 0.1) is 0 Å². The largest absolute Gasteiger partial charge is 0.483 e. The number of hydrogen-bond acceptors (Lipinski definition) is 2. The molecule has 126 valence electrons. The third kappa shape index (κ3) is 4.94. The lowest BCUT2D eigenvalue weighted by Crippen LogP contribution is -2.21. The summed E-state index contributed by atoms with van der Waals surface area (Å²) in [6.45, 7) is -0.0394. The molecule has 1 amide bonds. The highest BCUT2D eigenvalue weighted by Crippen LogP contribution is 2.24. The van der Waals surface area contributed by atoms with Crippen LogP contribution in [0.3, 0.4) is 0 Å². The Labute approximate surface area is 155 Å². The first-order chi connectivity index (χ1) is 12.2. The molecule has 0 spiro atoms. The van der Waals surface area contributed by atoms with E-state index in [4.69, 9.17) is 4.74 Å². The third-order valence-corrected chi connectivity index (χ3v) is 4.38. The summed E-state index contributed by atoms with van der Waals surface area (Å²) in [5, 5.41) is 2.94. The van der Waals surface area contributed by atoms with Gasteiger partial charge in [0, 0.05) is 5.69 Å². The standard InChI is InChI=1S/C21H18BrNO2/c22-18-11-5-7-13-20(18)25-15-21(24)23-19-12-6-4-10-17(19)14-16-8-2-1-3-9-16/h1-13H,14-15H2,(H,23,24). The molecule has 0 radical (unpaired) electrons. The minimum absolute atomic E-state index is 0.0394. The van der Waals surface area contributed by atoms with Gasteiger partial charge < -0.3 is 10.1 Å². The lowest BCUT2D eigenvalue weighted by atomic mass is 10.0. The van der Waals surface area contributed by atoms with E-state index in [1.54, 1.807) is 0 Å². The van der Waals surface area contributed by atoms with Gasteiger partial charge >= 0.3 is 0 Å². The molecule has 4 heteroatoms. The number of carbonyl (C=O) groups is 1. The van der Waals surface area contributed by atoms with Crippen molar-refractivity contribution in [2.75, 3.05) is 11.9 Å². The Balaban J connectivity index is 1.64. The number of halogens is 1. The van der Waals surface area contributed by atoms with Crippen LogP contribution in [0.1, 0.15) is 11.1 Å². The van der Waals surface area contributed by atoms with E-state index in [9.17, 15) is 4.79 Å². The number of rotatable bonds is 6. The molecule has 0 saturated heterocycles. The predicted molar refractivity (Wildman–Crippen MR) is 104 cm³/mol. The number of anilines is 1. The SMILES string of the molecule is O=C(COc1ccccc1Br)Nc1ccccc1Cc1ccccc1. The first kappa shape index (κ1) is 17.2. The topological polar surface area (TPSA) is 38.3 Å². The Morgan fingerprint density at radius 1 is 0.880 bits per heavy atom. The van der Waals surface area contributed by atoms with Crippen LogP contribution in [-0.4, -0.2) is 12.5 Å². The Bertz CT molecular complexity index is 849. The number of carbonyl (C=O) groups excluding carboxylic acids is 1. The van der Waals surface area contributed by atoms with Crippen molar-refractivity contribution in [3.63, 3.8) is 0 Å². The highest BCUT2D eigenvalue weighted by atomic mass is 79.9. The van der Waals surface area contributed by atoms with Gasteiger partial charge in [0.15, 0.2) is 6.61 Å². The van der Waals surface area contributed by atoms with Gasteiger partial charge in [0.1, 0.15) is 5.75 Å². The number of benzene rings is 3. The molecule has 1 N–H and O–H groups in total. The summed E-state index contributed by atoms with van der Waals surface area (Å²) in [4.78, 5) is 12.3. The van der Waals surface area contributed by atoms with Crippen LogP contribution in [0.4, 0.5) is 5.69 Å². The zero-order valence-corrected chi connectivity index (χ0v) is 15.2. The van der Waals surface area contributed by atoms with Crippen molar-refractivity contribution in [2.24, 2.45) is 0 Å². The minimum Gasteiger partial charge on any atom is -0.483 e. The van der Waals surface area contributed by atoms with E-state index in [2.05, 4.69) is 33.4 Å². The molecule has 3 aromatic carbocycles. The van der Waals surface area contributed by atoms with Crippen molar-refractivity contribution < 1.29 is 9.53 Å². The summed E-state index contributed by atoms with van der Waals surface area (Å²) in [5.41, 5.74) is 3.09. The van der Waals surface area contributed by atoms with Crippen LogP contribution in [0.25, 0.3) is 0 Å². The summed E-state index contributed by atoms with van der Waals surface area (Å²) in [6, 6.07) is 25.5. The number of ether oxygens (including phenoxy) is 1. The lowest BCUT2D eigenvalue weighted by molar-refractivity contribution is -0.118. The fourth-order valence-corrected chi connectivity index (χ4v) is 2.90. The number of nitrogens with one attached hydrogen (secondary N) is 1. The van der Waals surface area contributed by atoms with Gasteiger partial charge in [-0.3, -0.25) is 4.79 Å². The van der Waals surface area contributed by atoms with Gasteiger partial charge in [0.05, 0.1) is 4.47 Å². The van der Waals surface area contributed by atoms with Crippen LogP contribution in [0.15, 0.2) is 83.3 Å². The Morgan fingerprint density at radius 2 is 1.56 bits per heavy atom. The molecule has 0 atom stereocenters. The van der Waals surface area contributed by atoms with Crippen molar-refractivity contribution in [1.29, 1.82) is 0 Å². The summed E-state index contributed by atoms with van der Waals surface area (Å²) < 4.78 is 6.40. The highest BCUT2D eigenvalue weighted by molar-refractivity contribution is 9.10. The smallest absolute Gasteiger partial charge is 0.262 e. The molecular formula is C21H18BrNO2. The fourth-order valence-electron chi connectivity index (χ4n) is 2.50. The van der Waals surface area contributed by atoms with Crippen molar-refractivity contribution in [3.8, 4) is 5.75 Å². The maximum Gasteiger partial charge on any atom is 0.262 e. The summed E-state index contributed by atoms with van der Waals surface area (Å²) >= 11 is 3.41. The average molecular weight is 396 g/mol. The van der Waals surface area contributed by atoms with Crippen LogP contribution in [0.5, 0.6) is 5.75 Å². The van der Waals surface area contributed by atoms with Crippen LogP contribution >= 0.6 is 15.9 Å². The number of para-hydroxylation sites is 2. The normalized spacial score (nSPS) is 10.3. The fraction of sp³-hybridized carbons (Fsp3) is 0.0952. The molecule has 0 aliphatic heterocycles. The van der Waals surface area contributed by atoms with Crippen molar-refractivity contribution >= 4 is 27.5 Å². The van der Waals surface area contributed by atoms with Crippen molar-refractivity contribution in [2.45, 2.75) is 6.42 Å². The minimum atomic E-state index is -0.184. The Kier molecular flexibility index (Phi) is 5.86. The first-order valence-electron chi connectivity index (χ1n) is 8.01. The van der Waals surface area contributed by atoms with E-state index < -0.39 is 0 Å². The van der Waals surface area contributed by atoms with Gasteiger partial charge in [0.25, 0.3) is 5.91 Å². The second-order valence-corrected chi connectivity index (χ2v) is 6.44. The molecule has 3 nitrogen and oxygen atoms in total. The van der Waals surface area contributed by atoms with Crippen molar-refractivity contribution in [3.05, 3.63) is 94.5 Å². The maximum atomic E-state index is 12.3. The van der Waals surface area contributed by atoms with Crippen LogP contribution < -0.4 is 10.1 Å². The Morgan fingerprint density at radius 3 is 2.36 bits per heavy atom. The maximum absolute atomic E-state index is 12.3. The quantitative estimate of drug-likeness (QED) is 0.633. The third-order valence-electron chi connectivity index (χ3n) is 3.72. The van der Waals surface area contributed by atoms with Gasteiger partial charge in [-0.2, -0.15) is 0 Å². The Hall–Kier alpha value is -2.59. The van der Waals surface area contributed by atoms with E-state index >= 15 is 0 Å². The lowest BCUT2D eigenvalue weighted by Gasteiger charge is -2.12. The molecule has 0 fully saturated rings. The average Bonchev–Trinajstić information content (AvgIpc) is 2.64. The van der Waals surface area contributed by atoms with Gasteiger partial charge in [-0.05, 0) is 51.7 Å². The zero-order chi connectivity index (χ0) is 17.5. The van der Waals surface area contributed by atoms with Gasteiger partial charge in [-0.25, -0.2) is 0 Å². The van der Waals surface area contributed by atoms with Gasteiger partial charge in [-0.1, -0.05) is 60.7 Å². The van der Waals surface area contributed by atoms with E-state index in [-0.39, 0.29) is 12.5 Å².